The molecule has 0 bridgehead atoms. The van der Waals surface area contributed by atoms with Crippen LogP contribution in [0.15, 0.2) is 12.1 Å². The Morgan fingerprint density at radius 2 is 1.44 bits per heavy atom. The van der Waals surface area contributed by atoms with E-state index in [0.717, 1.165) is 0 Å². The first-order valence-electron chi connectivity index (χ1n) is 4.73. The number of anilines is 1. The van der Waals surface area contributed by atoms with E-state index < -0.39 is 31.8 Å². The topological polar surface area (TPSA) is 141 Å². The molecule has 0 aliphatic carbocycles. The zero-order valence-electron chi connectivity index (χ0n) is 9.15. The minimum Gasteiger partial charge on any atom is -0.374 e. The van der Waals surface area contributed by atoms with E-state index >= 15 is 0 Å². The van der Waals surface area contributed by atoms with E-state index in [1.807, 2.05) is 0 Å². The molecule has 0 atom stereocenters. The summed E-state index contributed by atoms with van der Waals surface area (Å²) in [5.74, 6) is 0. The molecule has 18 heavy (non-hydrogen) atoms. The summed E-state index contributed by atoms with van der Waals surface area (Å²) >= 11 is 0. The van der Waals surface area contributed by atoms with Crippen LogP contribution in [0.25, 0.3) is 0 Å². The standard InChI is InChI=1S/C8H8N4O6/c1-2-9-8-6(11(15)16)3-5(10(13)14)4-7(8)12(17)18/h3-4,9H,2H2,1H3. The molecule has 0 unspecified atom stereocenters. The highest BCUT2D eigenvalue weighted by Crippen LogP contribution is 2.38. The molecule has 0 aliphatic rings. The quantitative estimate of drug-likeness (QED) is 0.625. The molecule has 1 rings (SSSR count). The maximum Gasteiger partial charge on any atom is 0.306 e. The second-order valence-corrected chi connectivity index (χ2v) is 3.16. The Hall–Kier alpha value is -2.78. The van der Waals surface area contributed by atoms with Gasteiger partial charge in [-0.15, -0.1) is 0 Å². The van der Waals surface area contributed by atoms with Gasteiger partial charge in [0.2, 0.25) is 0 Å². The molecule has 0 saturated heterocycles. The summed E-state index contributed by atoms with van der Waals surface area (Å²) in [6.07, 6.45) is 0. The number of nitrogens with one attached hydrogen (secondary N) is 1. The first kappa shape index (κ1) is 13.3. The number of non-ortho nitro benzene ring substituents is 1. The van der Waals surface area contributed by atoms with Gasteiger partial charge in [-0.1, -0.05) is 0 Å². The Kier molecular flexibility index (Phi) is 3.72. The van der Waals surface area contributed by atoms with Crippen molar-refractivity contribution < 1.29 is 14.8 Å². The second-order valence-electron chi connectivity index (χ2n) is 3.16. The van der Waals surface area contributed by atoms with Crippen molar-refractivity contribution in [1.29, 1.82) is 0 Å². The van der Waals surface area contributed by atoms with Gasteiger partial charge in [-0.3, -0.25) is 30.3 Å². The van der Waals surface area contributed by atoms with Crippen LogP contribution in [0.3, 0.4) is 0 Å². The lowest BCUT2D eigenvalue weighted by molar-refractivity contribution is -0.401. The monoisotopic (exact) mass is 256 g/mol. The third kappa shape index (κ3) is 2.48. The molecule has 0 heterocycles. The van der Waals surface area contributed by atoms with Crippen LogP contribution in [0.2, 0.25) is 0 Å². The minimum absolute atomic E-state index is 0.208. The maximum atomic E-state index is 10.8. The summed E-state index contributed by atoms with van der Waals surface area (Å²) in [6.45, 7) is 1.80. The molecule has 0 spiro atoms. The zero-order valence-corrected chi connectivity index (χ0v) is 9.15. The van der Waals surface area contributed by atoms with Crippen molar-refractivity contribution >= 4 is 22.7 Å². The predicted molar refractivity (Wildman–Crippen MR) is 60.6 cm³/mol. The van der Waals surface area contributed by atoms with Crippen LogP contribution in [0.4, 0.5) is 22.7 Å². The summed E-state index contributed by atoms with van der Waals surface area (Å²) in [5, 5.41) is 34.6. The van der Waals surface area contributed by atoms with Crippen molar-refractivity contribution in [3.05, 3.63) is 42.5 Å². The fourth-order valence-corrected chi connectivity index (χ4v) is 1.35. The van der Waals surface area contributed by atoms with Gasteiger partial charge >= 0.3 is 11.4 Å². The van der Waals surface area contributed by atoms with Crippen molar-refractivity contribution in [3.63, 3.8) is 0 Å². The first-order valence-corrected chi connectivity index (χ1v) is 4.73. The minimum atomic E-state index is -0.921. The van der Waals surface area contributed by atoms with Crippen molar-refractivity contribution in [2.45, 2.75) is 6.92 Å². The van der Waals surface area contributed by atoms with Gasteiger partial charge in [0.05, 0.1) is 26.9 Å². The summed E-state index contributed by atoms with van der Waals surface area (Å²) in [5.41, 5.74) is -2.43. The SMILES string of the molecule is CCNc1c([N+](=O)[O-])cc([N+](=O)[O-])cc1[N+](=O)[O-]. The largest absolute Gasteiger partial charge is 0.374 e. The molecule has 0 aromatic heterocycles. The van der Waals surface area contributed by atoms with Crippen LogP contribution >= 0.6 is 0 Å². The Labute approximate surface area is 99.7 Å². The van der Waals surface area contributed by atoms with Crippen LogP contribution in [-0.4, -0.2) is 21.3 Å². The predicted octanol–water partition coefficient (Wildman–Crippen LogP) is 1.84. The van der Waals surface area contributed by atoms with Crippen molar-refractivity contribution in [3.8, 4) is 0 Å². The van der Waals surface area contributed by atoms with Crippen LogP contribution in [-0.2, 0) is 0 Å². The molecule has 1 aromatic carbocycles. The van der Waals surface area contributed by atoms with Crippen LogP contribution in [0, 0.1) is 30.3 Å². The third-order valence-corrected chi connectivity index (χ3v) is 2.04. The first-order chi connectivity index (χ1) is 8.38. The number of benzene rings is 1. The number of hydrogen-bond donors (Lipinski definition) is 1. The lowest BCUT2D eigenvalue weighted by Crippen LogP contribution is -2.06. The summed E-state index contributed by atoms with van der Waals surface area (Å²) in [6, 6.07) is 1.37. The molecule has 0 aliphatic heterocycles. The lowest BCUT2D eigenvalue weighted by Gasteiger charge is -2.05. The van der Waals surface area contributed by atoms with Gasteiger partial charge in [0, 0.05) is 6.54 Å². The molecular weight excluding hydrogens is 248 g/mol. The molecule has 0 amide bonds. The number of rotatable bonds is 5. The van der Waals surface area contributed by atoms with E-state index in [-0.39, 0.29) is 12.2 Å². The molecule has 0 saturated carbocycles. The van der Waals surface area contributed by atoms with E-state index in [1.54, 1.807) is 6.92 Å². The van der Waals surface area contributed by atoms with Gasteiger partial charge in [0.15, 0.2) is 5.69 Å². The van der Waals surface area contributed by atoms with E-state index in [0.29, 0.717) is 12.1 Å². The van der Waals surface area contributed by atoms with Crippen molar-refractivity contribution in [2.24, 2.45) is 0 Å². The summed E-state index contributed by atoms with van der Waals surface area (Å²) in [4.78, 5) is 29.4. The van der Waals surface area contributed by atoms with Gasteiger partial charge in [0.25, 0.3) is 5.69 Å². The van der Waals surface area contributed by atoms with Gasteiger partial charge < -0.3 is 5.32 Å². The molecular formula is C8H8N4O6. The van der Waals surface area contributed by atoms with Gasteiger partial charge in [-0.25, -0.2) is 0 Å². The van der Waals surface area contributed by atoms with E-state index in [9.17, 15) is 30.3 Å². The van der Waals surface area contributed by atoms with Crippen LogP contribution < -0.4 is 5.32 Å². The Morgan fingerprint density at radius 1 is 1.00 bits per heavy atom. The van der Waals surface area contributed by atoms with Gasteiger partial charge in [-0.05, 0) is 6.92 Å². The average Bonchev–Trinajstić information content (AvgIpc) is 2.28. The smallest absolute Gasteiger partial charge is 0.306 e. The maximum absolute atomic E-state index is 10.8. The van der Waals surface area contributed by atoms with E-state index in [4.69, 9.17) is 0 Å². The van der Waals surface area contributed by atoms with E-state index in [2.05, 4.69) is 5.32 Å². The lowest BCUT2D eigenvalue weighted by atomic mass is 10.2. The molecule has 1 N–H and O–H groups in total. The zero-order chi connectivity index (χ0) is 13.9. The second kappa shape index (κ2) is 5.03. The Bertz CT molecular complexity index is 493. The number of nitrogens with zero attached hydrogens (tertiary/aromatic N) is 3. The summed E-state index contributed by atoms with van der Waals surface area (Å²) < 4.78 is 0. The Balaban J connectivity index is 3.59. The Morgan fingerprint density at radius 3 is 1.72 bits per heavy atom. The third-order valence-electron chi connectivity index (χ3n) is 2.04. The number of nitro benzene ring substituents is 3. The normalized spacial score (nSPS) is 9.83. The fourth-order valence-electron chi connectivity index (χ4n) is 1.35. The molecule has 10 nitrogen and oxygen atoms in total. The average molecular weight is 256 g/mol. The summed E-state index contributed by atoms with van der Waals surface area (Å²) in [7, 11) is 0. The fraction of sp³-hybridized carbons (Fsp3) is 0.250. The van der Waals surface area contributed by atoms with Crippen LogP contribution in [0.1, 0.15) is 6.92 Å². The highest BCUT2D eigenvalue weighted by atomic mass is 16.6. The van der Waals surface area contributed by atoms with Gasteiger partial charge in [0.1, 0.15) is 0 Å². The number of hydrogen-bond acceptors (Lipinski definition) is 7. The molecule has 0 radical (unpaired) electrons. The molecule has 96 valence electrons. The van der Waals surface area contributed by atoms with Crippen LogP contribution in [0.5, 0.6) is 0 Å². The van der Waals surface area contributed by atoms with E-state index in [1.165, 1.54) is 0 Å². The highest BCUT2D eigenvalue weighted by molar-refractivity contribution is 5.77. The molecule has 10 heteroatoms. The van der Waals surface area contributed by atoms with Crippen molar-refractivity contribution in [2.75, 3.05) is 11.9 Å². The molecule has 0 fully saturated rings. The van der Waals surface area contributed by atoms with Gasteiger partial charge in [-0.2, -0.15) is 0 Å². The highest BCUT2D eigenvalue weighted by Gasteiger charge is 2.29. The number of nitro groups is 3. The van der Waals surface area contributed by atoms with Crippen molar-refractivity contribution in [1.82, 2.24) is 0 Å². The molecule has 1 aromatic rings.